The molecule has 2 heterocycles. The predicted molar refractivity (Wildman–Crippen MR) is 77.7 cm³/mol. The average Bonchev–Trinajstić information content (AvgIpc) is 2.82. The number of amides is 1. The number of hydrogen-bond donors (Lipinski definition) is 2. The minimum atomic E-state index is 0.000234. The van der Waals surface area contributed by atoms with Crippen LogP contribution in [0.25, 0.3) is 0 Å². The molecule has 0 fully saturated rings. The number of rotatable bonds is 4. The molecule has 2 N–H and O–H groups in total. The summed E-state index contributed by atoms with van der Waals surface area (Å²) in [5, 5.41) is 14.2. The van der Waals surface area contributed by atoms with Gasteiger partial charge < -0.3 is 5.32 Å². The van der Waals surface area contributed by atoms with Gasteiger partial charge in [0.25, 0.3) is 0 Å². The fourth-order valence-electron chi connectivity index (χ4n) is 2.35. The second-order valence-corrected chi connectivity index (χ2v) is 5.13. The minimum absolute atomic E-state index is 0.000234. The molecule has 0 unspecified atom stereocenters. The lowest BCUT2D eigenvalue weighted by molar-refractivity contribution is -0.116. The van der Waals surface area contributed by atoms with Gasteiger partial charge in [0.1, 0.15) is 0 Å². The molecule has 108 valence electrons. The highest BCUT2D eigenvalue weighted by atomic mass is 16.1. The fraction of sp³-hybridized carbons (Fsp3) is 0.500. The highest BCUT2D eigenvalue weighted by Gasteiger charge is 2.13. The molecule has 0 bridgehead atoms. The van der Waals surface area contributed by atoms with Crippen molar-refractivity contribution in [1.82, 2.24) is 20.0 Å². The van der Waals surface area contributed by atoms with E-state index in [2.05, 4.69) is 20.6 Å². The Balaban J connectivity index is 1.99. The van der Waals surface area contributed by atoms with Gasteiger partial charge >= 0.3 is 0 Å². The monoisotopic (exact) mass is 275 g/mol. The second-order valence-electron chi connectivity index (χ2n) is 5.13. The highest BCUT2D eigenvalue weighted by Crippen LogP contribution is 2.18. The van der Waals surface area contributed by atoms with E-state index in [0.717, 1.165) is 34.0 Å². The summed E-state index contributed by atoms with van der Waals surface area (Å²) in [6.07, 6.45) is 1.14. The summed E-state index contributed by atoms with van der Waals surface area (Å²) in [4.78, 5) is 12.0. The third kappa shape index (κ3) is 2.74. The Hall–Kier alpha value is -2.11. The van der Waals surface area contributed by atoms with Gasteiger partial charge in [-0.2, -0.15) is 10.2 Å². The molecular weight excluding hydrogens is 254 g/mol. The van der Waals surface area contributed by atoms with Gasteiger partial charge in [-0.3, -0.25) is 14.6 Å². The van der Waals surface area contributed by atoms with Crippen molar-refractivity contribution < 1.29 is 4.79 Å². The zero-order chi connectivity index (χ0) is 14.9. The van der Waals surface area contributed by atoms with E-state index in [1.54, 1.807) is 0 Å². The van der Waals surface area contributed by atoms with Crippen molar-refractivity contribution >= 4 is 11.6 Å². The van der Waals surface area contributed by atoms with E-state index in [1.807, 2.05) is 39.4 Å². The summed E-state index contributed by atoms with van der Waals surface area (Å²) < 4.78 is 1.85. The van der Waals surface area contributed by atoms with Gasteiger partial charge in [-0.15, -0.1) is 0 Å². The number of carbonyl (C=O) groups is 1. The Morgan fingerprint density at radius 2 is 1.95 bits per heavy atom. The molecule has 2 aromatic heterocycles. The zero-order valence-corrected chi connectivity index (χ0v) is 12.7. The van der Waals surface area contributed by atoms with Crippen LogP contribution in [0.3, 0.4) is 0 Å². The number of aromatic nitrogens is 4. The first kappa shape index (κ1) is 14.3. The van der Waals surface area contributed by atoms with Crippen molar-refractivity contribution in [1.29, 1.82) is 0 Å². The topological polar surface area (TPSA) is 75.6 Å². The standard InChI is InChI=1S/C14H21N5O/c1-8-12(11(4)19(5)18-8)6-7-13(20)15-14-9(2)16-17-10(14)3/h6-7H2,1-5H3,(H,15,20)(H,16,17). The van der Waals surface area contributed by atoms with E-state index in [4.69, 9.17) is 0 Å². The van der Waals surface area contributed by atoms with Crippen LogP contribution in [-0.2, 0) is 18.3 Å². The molecule has 6 nitrogen and oxygen atoms in total. The molecular formula is C14H21N5O. The van der Waals surface area contributed by atoms with E-state index >= 15 is 0 Å². The van der Waals surface area contributed by atoms with Gasteiger partial charge in [0.05, 0.1) is 22.8 Å². The fourth-order valence-corrected chi connectivity index (χ4v) is 2.35. The number of nitrogens with zero attached hydrogens (tertiary/aromatic N) is 3. The number of anilines is 1. The minimum Gasteiger partial charge on any atom is -0.323 e. The summed E-state index contributed by atoms with van der Waals surface area (Å²) in [6, 6.07) is 0. The third-order valence-corrected chi connectivity index (χ3v) is 3.65. The van der Waals surface area contributed by atoms with Crippen molar-refractivity contribution in [2.24, 2.45) is 7.05 Å². The van der Waals surface area contributed by atoms with Gasteiger partial charge in [0.2, 0.25) is 5.91 Å². The van der Waals surface area contributed by atoms with E-state index in [0.29, 0.717) is 12.8 Å². The van der Waals surface area contributed by atoms with Crippen molar-refractivity contribution in [3.63, 3.8) is 0 Å². The lowest BCUT2D eigenvalue weighted by Crippen LogP contribution is -2.13. The molecule has 0 aliphatic heterocycles. The van der Waals surface area contributed by atoms with Gasteiger partial charge in [0.15, 0.2) is 0 Å². The maximum absolute atomic E-state index is 12.0. The summed E-state index contributed by atoms with van der Waals surface area (Å²) in [6.45, 7) is 7.77. The maximum atomic E-state index is 12.0. The lowest BCUT2D eigenvalue weighted by atomic mass is 10.1. The van der Waals surface area contributed by atoms with Crippen molar-refractivity contribution in [2.75, 3.05) is 5.32 Å². The number of carbonyl (C=O) groups excluding carboxylic acids is 1. The number of aromatic amines is 1. The number of H-pyrrole nitrogens is 1. The molecule has 0 saturated carbocycles. The molecule has 2 rings (SSSR count). The quantitative estimate of drug-likeness (QED) is 0.895. The first-order valence-corrected chi connectivity index (χ1v) is 6.70. The number of hydrogen-bond acceptors (Lipinski definition) is 3. The Morgan fingerprint density at radius 1 is 1.25 bits per heavy atom. The number of aryl methyl sites for hydroxylation is 4. The summed E-state index contributed by atoms with van der Waals surface area (Å²) in [5.74, 6) is 0.000234. The summed E-state index contributed by atoms with van der Waals surface area (Å²) in [7, 11) is 1.92. The van der Waals surface area contributed by atoms with Crippen LogP contribution in [0.15, 0.2) is 0 Å². The molecule has 1 amide bonds. The Bertz CT molecular complexity index is 619. The van der Waals surface area contributed by atoms with Crippen molar-refractivity contribution in [3.8, 4) is 0 Å². The molecule has 20 heavy (non-hydrogen) atoms. The molecule has 0 aromatic carbocycles. The molecule has 0 radical (unpaired) electrons. The van der Waals surface area contributed by atoms with Crippen LogP contribution in [0.5, 0.6) is 0 Å². The van der Waals surface area contributed by atoms with Gasteiger partial charge in [-0.25, -0.2) is 0 Å². The molecule has 0 saturated heterocycles. The van der Waals surface area contributed by atoms with E-state index < -0.39 is 0 Å². The van der Waals surface area contributed by atoms with E-state index in [-0.39, 0.29) is 5.91 Å². The largest absolute Gasteiger partial charge is 0.323 e. The zero-order valence-electron chi connectivity index (χ0n) is 12.7. The third-order valence-electron chi connectivity index (χ3n) is 3.65. The smallest absolute Gasteiger partial charge is 0.224 e. The molecule has 0 aliphatic rings. The Kier molecular flexibility index (Phi) is 3.92. The molecule has 0 spiro atoms. The SMILES string of the molecule is Cc1nn(C)c(C)c1CCC(=O)Nc1c(C)n[nH]c1C. The molecule has 0 atom stereocenters. The van der Waals surface area contributed by atoms with Gasteiger partial charge in [-0.05, 0) is 39.7 Å². The van der Waals surface area contributed by atoms with Crippen LogP contribution in [0.1, 0.15) is 34.8 Å². The van der Waals surface area contributed by atoms with Gasteiger partial charge in [-0.1, -0.05) is 0 Å². The van der Waals surface area contributed by atoms with Crippen molar-refractivity contribution in [3.05, 3.63) is 28.3 Å². The van der Waals surface area contributed by atoms with Crippen LogP contribution >= 0.6 is 0 Å². The summed E-state index contributed by atoms with van der Waals surface area (Å²) in [5.41, 5.74) is 5.74. The molecule has 0 aliphatic carbocycles. The Morgan fingerprint density at radius 3 is 2.45 bits per heavy atom. The summed E-state index contributed by atoms with van der Waals surface area (Å²) >= 11 is 0. The highest BCUT2D eigenvalue weighted by molar-refractivity contribution is 5.92. The number of nitrogens with one attached hydrogen (secondary N) is 2. The first-order chi connectivity index (χ1) is 9.40. The lowest BCUT2D eigenvalue weighted by Gasteiger charge is -2.05. The van der Waals surface area contributed by atoms with Crippen LogP contribution in [-0.4, -0.2) is 25.9 Å². The maximum Gasteiger partial charge on any atom is 0.224 e. The molecule has 6 heteroatoms. The average molecular weight is 275 g/mol. The van der Waals surface area contributed by atoms with Crippen LogP contribution in [0, 0.1) is 27.7 Å². The Labute approximate surface area is 118 Å². The second kappa shape index (κ2) is 5.48. The normalized spacial score (nSPS) is 10.8. The first-order valence-electron chi connectivity index (χ1n) is 6.70. The van der Waals surface area contributed by atoms with Gasteiger partial charge in [0, 0.05) is 19.2 Å². The van der Waals surface area contributed by atoms with E-state index in [1.165, 1.54) is 0 Å². The van der Waals surface area contributed by atoms with Crippen LogP contribution < -0.4 is 5.32 Å². The van der Waals surface area contributed by atoms with E-state index in [9.17, 15) is 4.79 Å². The predicted octanol–water partition coefficient (Wildman–Crippen LogP) is 1.95. The van der Waals surface area contributed by atoms with Crippen LogP contribution in [0.4, 0.5) is 5.69 Å². The molecule has 2 aromatic rings. The van der Waals surface area contributed by atoms with Crippen LogP contribution in [0.2, 0.25) is 0 Å². The van der Waals surface area contributed by atoms with Crippen molar-refractivity contribution in [2.45, 2.75) is 40.5 Å².